The molecule has 0 saturated carbocycles. The monoisotopic (exact) mass is 609 g/mol. The fourth-order valence-electron chi connectivity index (χ4n) is 3.96. The number of para-hydroxylation sites is 1. The lowest BCUT2D eigenvalue weighted by Gasteiger charge is -2.16. The molecule has 3 aromatic carbocycles. The normalized spacial score (nSPS) is 12.2. The summed E-state index contributed by atoms with van der Waals surface area (Å²) in [4.78, 5) is 30.0. The molecule has 0 unspecified atom stereocenters. The molecule has 0 aliphatic heterocycles. The largest absolute Gasteiger partial charge is 0.493 e. The lowest BCUT2D eigenvalue weighted by Crippen LogP contribution is -2.25. The third-order valence-corrected chi connectivity index (χ3v) is 6.63. The number of fused-ring (bicyclic) bond motifs is 2. The van der Waals surface area contributed by atoms with E-state index >= 15 is 0 Å². The fourth-order valence-corrected chi connectivity index (χ4v) is 4.60. The van der Waals surface area contributed by atoms with E-state index in [-0.39, 0.29) is 27.9 Å². The lowest BCUT2D eigenvalue weighted by molar-refractivity contribution is -0.147. The van der Waals surface area contributed by atoms with Gasteiger partial charge in [0.1, 0.15) is 5.58 Å². The Hall–Kier alpha value is -4.15. The Morgan fingerprint density at radius 1 is 1.15 bits per heavy atom. The second-order valence-corrected chi connectivity index (χ2v) is 9.75. The number of ether oxygens (including phenoxy) is 3. The number of aromatic nitrogens is 2. The van der Waals surface area contributed by atoms with Crippen LogP contribution in [0.4, 0.5) is 0 Å². The Morgan fingerprint density at radius 2 is 1.95 bits per heavy atom. The maximum Gasteiger partial charge on any atom is 0.346 e. The van der Waals surface area contributed by atoms with Gasteiger partial charge in [-0.3, -0.25) is 4.79 Å². The van der Waals surface area contributed by atoms with Crippen LogP contribution < -0.4 is 15.0 Å². The van der Waals surface area contributed by atoms with E-state index in [1.165, 1.54) is 32.0 Å². The number of halogens is 2. The van der Waals surface area contributed by atoms with Crippen LogP contribution in [0.1, 0.15) is 12.5 Å². The van der Waals surface area contributed by atoms with Gasteiger partial charge in [-0.15, -0.1) is 0 Å². The molecule has 0 spiro atoms. The maximum absolute atomic E-state index is 13.5. The first kappa shape index (κ1) is 26.5. The van der Waals surface area contributed by atoms with Gasteiger partial charge in [-0.05, 0) is 61.0 Å². The van der Waals surface area contributed by atoms with Gasteiger partial charge >= 0.3 is 5.97 Å². The molecule has 0 amide bonds. The Labute approximate surface area is 235 Å². The molecular weight excluding hydrogens is 590 g/mol. The average Bonchev–Trinajstić information content (AvgIpc) is 3.36. The highest BCUT2D eigenvalue weighted by Crippen LogP contribution is 2.37. The van der Waals surface area contributed by atoms with E-state index in [2.05, 4.69) is 26.0 Å². The highest BCUT2D eigenvalue weighted by molar-refractivity contribution is 9.10. The molecule has 5 aromatic rings. The van der Waals surface area contributed by atoms with Crippen molar-refractivity contribution in [2.75, 3.05) is 14.2 Å². The molecular formula is C28H21BrClN3O6. The molecule has 0 N–H and O–H groups in total. The molecule has 2 heterocycles. The third-order valence-electron chi connectivity index (χ3n) is 5.85. The fraction of sp³-hybridized carbons (Fsp3) is 0.143. The summed E-state index contributed by atoms with van der Waals surface area (Å²) in [7, 11) is 2.71. The summed E-state index contributed by atoms with van der Waals surface area (Å²) in [6.45, 7) is 1.54. The van der Waals surface area contributed by atoms with Gasteiger partial charge < -0.3 is 18.6 Å². The zero-order valence-electron chi connectivity index (χ0n) is 21.0. The molecule has 11 heteroatoms. The van der Waals surface area contributed by atoms with Crippen molar-refractivity contribution in [3.8, 4) is 23.1 Å². The zero-order chi connectivity index (χ0) is 27.7. The first-order valence-electron chi connectivity index (χ1n) is 11.7. The quantitative estimate of drug-likeness (QED) is 0.163. The number of benzene rings is 3. The third kappa shape index (κ3) is 5.25. The molecule has 0 bridgehead atoms. The van der Waals surface area contributed by atoms with Crippen LogP contribution >= 0.6 is 27.5 Å². The molecule has 0 radical (unpaired) electrons. The second-order valence-electron chi connectivity index (χ2n) is 8.42. The first-order valence-corrected chi connectivity index (χ1v) is 12.8. The van der Waals surface area contributed by atoms with Crippen LogP contribution in [0.25, 0.3) is 33.5 Å². The number of methoxy groups -OCH3 is 2. The van der Waals surface area contributed by atoms with Crippen molar-refractivity contribution in [1.82, 2.24) is 9.66 Å². The number of hydrogen-bond acceptors (Lipinski definition) is 8. The summed E-state index contributed by atoms with van der Waals surface area (Å²) in [6, 6.07) is 17.6. The minimum atomic E-state index is -0.907. The van der Waals surface area contributed by atoms with Crippen molar-refractivity contribution < 1.29 is 23.4 Å². The van der Waals surface area contributed by atoms with Gasteiger partial charge in [0.2, 0.25) is 5.82 Å². The number of hydrogen-bond donors (Lipinski definition) is 0. The Kier molecular flexibility index (Phi) is 7.40. The van der Waals surface area contributed by atoms with Gasteiger partial charge in [0.25, 0.3) is 5.56 Å². The molecule has 0 aliphatic carbocycles. The van der Waals surface area contributed by atoms with Gasteiger partial charge in [-0.2, -0.15) is 9.78 Å². The predicted octanol–water partition coefficient (Wildman–Crippen LogP) is 6.06. The van der Waals surface area contributed by atoms with Crippen molar-refractivity contribution in [2.24, 2.45) is 5.10 Å². The number of furan rings is 1. The van der Waals surface area contributed by atoms with Crippen LogP contribution in [0.5, 0.6) is 11.5 Å². The average molecular weight is 611 g/mol. The molecule has 0 fully saturated rings. The van der Waals surface area contributed by atoms with E-state index in [4.69, 9.17) is 30.2 Å². The van der Waals surface area contributed by atoms with Gasteiger partial charge in [-0.1, -0.05) is 39.7 Å². The molecule has 2 aromatic heterocycles. The second kappa shape index (κ2) is 10.9. The Bertz CT molecular complexity index is 1810. The molecule has 198 valence electrons. The number of rotatable bonds is 7. The van der Waals surface area contributed by atoms with E-state index in [0.29, 0.717) is 27.8 Å². The van der Waals surface area contributed by atoms with Crippen molar-refractivity contribution in [3.63, 3.8) is 0 Å². The summed E-state index contributed by atoms with van der Waals surface area (Å²) in [6.07, 6.45) is 0.540. The van der Waals surface area contributed by atoms with Gasteiger partial charge in [0.05, 0.1) is 36.4 Å². The molecule has 9 nitrogen and oxygen atoms in total. The van der Waals surface area contributed by atoms with Crippen LogP contribution in [-0.2, 0) is 9.53 Å². The van der Waals surface area contributed by atoms with Crippen LogP contribution in [0.15, 0.2) is 79.4 Å². The summed E-state index contributed by atoms with van der Waals surface area (Å²) in [5.41, 5.74) is 1.28. The number of nitrogens with zero attached hydrogens (tertiary/aromatic N) is 3. The number of esters is 1. The summed E-state index contributed by atoms with van der Waals surface area (Å²) < 4.78 is 23.9. The van der Waals surface area contributed by atoms with Crippen LogP contribution in [0.3, 0.4) is 0 Å². The molecule has 1 atom stereocenters. The van der Waals surface area contributed by atoms with Crippen LogP contribution in [-0.4, -0.2) is 42.2 Å². The maximum atomic E-state index is 13.5. The van der Waals surface area contributed by atoms with E-state index in [9.17, 15) is 9.59 Å². The number of carbonyl (C=O) groups excluding carboxylic acids is 1. The van der Waals surface area contributed by atoms with Crippen molar-refractivity contribution in [2.45, 2.75) is 13.0 Å². The summed E-state index contributed by atoms with van der Waals surface area (Å²) in [5, 5.41) is 5.87. The van der Waals surface area contributed by atoms with E-state index in [1.54, 1.807) is 42.5 Å². The topological polar surface area (TPSA) is 105 Å². The first-order chi connectivity index (χ1) is 18.8. The number of carbonyl (C=O) groups is 1. The van der Waals surface area contributed by atoms with E-state index < -0.39 is 12.1 Å². The molecule has 5 rings (SSSR count). The minimum Gasteiger partial charge on any atom is -0.493 e. The highest BCUT2D eigenvalue weighted by atomic mass is 79.9. The lowest BCUT2D eigenvalue weighted by atomic mass is 10.2. The van der Waals surface area contributed by atoms with Crippen molar-refractivity contribution >= 4 is 61.6 Å². The van der Waals surface area contributed by atoms with Gasteiger partial charge in [-0.25, -0.2) is 9.78 Å². The highest BCUT2D eigenvalue weighted by Gasteiger charge is 2.21. The molecule has 0 saturated heterocycles. The standard InChI is InChI=1S/C28H21BrClN3O6/c1-15(28(35)37-3)38-25-20(30)10-16(11-23(25)36-2)14-31-33-26(32-21-7-5-4-6-19(21)27(33)34)24-13-17-12-18(29)8-9-22(17)39-24/h4-15H,1-3H3/t15-/m0/s1. The molecule has 39 heavy (non-hydrogen) atoms. The minimum absolute atomic E-state index is 0.174. The molecule has 0 aliphatic rings. The van der Waals surface area contributed by atoms with Crippen LogP contribution in [0, 0.1) is 0 Å². The summed E-state index contributed by atoms with van der Waals surface area (Å²) in [5.74, 6) is 0.485. The van der Waals surface area contributed by atoms with E-state index in [1.807, 2.05) is 18.2 Å². The van der Waals surface area contributed by atoms with Crippen molar-refractivity contribution in [3.05, 3.63) is 86.1 Å². The predicted molar refractivity (Wildman–Crippen MR) is 152 cm³/mol. The van der Waals surface area contributed by atoms with E-state index in [0.717, 1.165) is 9.86 Å². The Morgan fingerprint density at radius 3 is 2.72 bits per heavy atom. The van der Waals surface area contributed by atoms with Gasteiger partial charge in [0, 0.05) is 9.86 Å². The Balaban J connectivity index is 1.61. The zero-order valence-corrected chi connectivity index (χ0v) is 23.3. The van der Waals surface area contributed by atoms with Crippen LogP contribution in [0.2, 0.25) is 5.02 Å². The van der Waals surface area contributed by atoms with Gasteiger partial charge in [0.15, 0.2) is 23.4 Å². The SMILES string of the molecule is COC(=O)[C@H](C)Oc1c(Cl)cc(C=Nn2c(-c3cc4cc(Br)ccc4o3)nc3ccccc3c2=O)cc1OC. The van der Waals surface area contributed by atoms with Crippen molar-refractivity contribution in [1.29, 1.82) is 0 Å². The summed E-state index contributed by atoms with van der Waals surface area (Å²) >= 11 is 9.93. The smallest absolute Gasteiger partial charge is 0.346 e.